The minimum Gasteiger partial charge on any atom is -0.508 e. The highest BCUT2D eigenvalue weighted by atomic mass is 16.3. The lowest BCUT2D eigenvalue weighted by molar-refractivity contribution is -0.138. The van der Waals surface area contributed by atoms with E-state index in [1.165, 1.54) is 4.90 Å². The number of phenols is 1. The minimum atomic E-state index is -1.38. The number of hydrogen-bond donors (Lipinski definition) is 2. The molecule has 0 bridgehead atoms. The van der Waals surface area contributed by atoms with Gasteiger partial charge >= 0.3 is 0 Å². The Kier molecular flexibility index (Phi) is 7.14. The fraction of sp³-hybridized carbons (Fsp3) is 0.220. The fourth-order valence-corrected chi connectivity index (χ4v) is 8.84. The number of nitrogens with zero attached hydrogens (tertiary/aromatic N) is 2. The van der Waals surface area contributed by atoms with Gasteiger partial charge in [-0.05, 0) is 78.8 Å². The van der Waals surface area contributed by atoms with Crippen LogP contribution in [0.2, 0.25) is 0 Å². The van der Waals surface area contributed by atoms with Crippen LogP contribution in [0, 0.1) is 30.6 Å². The van der Waals surface area contributed by atoms with Gasteiger partial charge in [0.05, 0.1) is 34.5 Å². The van der Waals surface area contributed by atoms with E-state index in [0.29, 0.717) is 28.9 Å². The van der Waals surface area contributed by atoms with Crippen molar-refractivity contribution in [3.63, 3.8) is 0 Å². The van der Waals surface area contributed by atoms with Crippen LogP contribution in [0.25, 0.3) is 6.08 Å². The third kappa shape index (κ3) is 4.50. The highest BCUT2D eigenvalue weighted by molar-refractivity contribution is 6.22. The summed E-state index contributed by atoms with van der Waals surface area (Å²) < 4.78 is 0. The summed E-state index contributed by atoms with van der Waals surface area (Å²) in [6.45, 7) is 5.76. The number of amides is 4. The first kappa shape index (κ1) is 30.6. The summed E-state index contributed by atoms with van der Waals surface area (Å²) in [5.74, 6) is -4.68. The Balaban J connectivity index is 1.30. The zero-order valence-electron chi connectivity index (χ0n) is 27.0. The molecular formula is C41H35N3O5. The lowest BCUT2D eigenvalue weighted by Crippen LogP contribution is -2.53. The van der Waals surface area contributed by atoms with E-state index in [9.17, 15) is 19.5 Å². The number of aryl methyl sites for hydroxylation is 1. The molecule has 0 aromatic heterocycles. The second-order valence-electron chi connectivity index (χ2n) is 13.5. The van der Waals surface area contributed by atoms with Crippen molar-refractivity contribution < 1.29 is 24.3 Å². The van der Waals surface area contributed by atoms with E-state index < -0.39 is 46.8 Å². The second kappa shape index (κ2) is 11.4. The van der Waals surface area contributed by atoms with Crippen molar-refractivity contribution in [1.82, 2.24) is 5.01 Å². The predicted molar refractivity (Wildman–Crippen MR) is 186 cm³/mol. The standard InChI is InChI=1S/C41H35N3O5/c1-3-25-14-18-29(19-15-25)43-37(46)32-21-20-31-33(35(32)39(43)48)23-34-38(47)44(42-28-16-12-24(2)13-17-28)40(49)41(34,27-9-5-4-6-10-27)36(31)26-8-7-11-30(45)22-26/h3-20,22,32-36,42,45H,1,21,23H2,2H3/t32-,33+,34-,35-,36-,41+/m0/s1. The number of allylic oxidation sites excluding steroid dienone is 2. The van der Waals surface area contributed by atoms with E-state index >= 15 is 4.79 Å². The van der Waals surface area contributed by atoms with Crippen molar-refractivity contribution in [2.24, 2.45) is 23.7 Å². The SMILES string of the molecule is C=Cc1ccc(N2C(=O)[C@H]3[C@H](CC=C4[C@H]3C[C@H]3C(=O)N(Nc5ccc(C)cc5)C(=O)[C@@]3(c3ccccc3)[C@H]4c3cccc(O)c3)C2=O)cc1. The van der Waals surface area contributed by atoms with E-state index in [4.69, 9.17) is 0 Å². The molecule has 2 N–H and O–H groups in total. The molecule has 6 atom stereocenters. The van der Waals surface area contributed by atoms with Crippen LogP contribution in [0.5, 0.6) is 5.75 Å². The molecule has 4 aromatic carbocycles. The average Bonchev–Trinajstić information content (AvgIpc) is 3.50. The normalized spacial score (nSPS) is 27.4. The van der Waals surface area contributed by atoms with Gasteiger partial charge in [-0.1, -0.05) is 96.6 Å². The van der Waals surface area contributed by atoms with Crippen molar-refractivity contribution in [2.45, 2.75) is 31.1 Å². The van der Waals surface area contributed by atoms with Gasteiger partial charge < -0.3 is 5.11 Å². The van der Waals surface area contributed by atoms with Gasteiger partial charge in [-0.2, -0.15) is 5.01 Å². The lowest BCUT2D eigenvalue weighted by Gasteiger charge is -2.50. The number of imide groups is 2. The number of hydrogen-bond acceptors (Lipinski definition) is 6. The molecule has 2 aliphatic heterocycles. The summed E-state index contributed by atoms with van der Waals surface area (Å²) in [6, 6.07) is 30.8. The topological polar surface area (TPSA) is 107 Å². The molecule has 2 aliphatic carbocycles. The van der Waals surface area contributed by atoms with Crippen LogP contribution >= 0.6 is 0 Å². The number of aromatic hydroxyl groups is 1. The van der Waals surface area contributed by atoms with Gasteiger partial charge in [0.1, 0.15) is 5.75 Å². The molecule has 2 saturated heterocycles. The van der Waals surface area contributed by atoms with Crippen molar-refractivity contribution in [3.8, 4) is 5.75 Å². The van der Waals surface area contributed by atoms with Crippen LogP contribution in [0.4, 0.5) is 11.4 Å². The van der Waals surface area contributed by atoms with Gasteiger partial charge in [0.15, 0.2) is 0 Å². The number of fused-ring (bicyclic) bond motifs is 4. The number of anilines is 2. The van der Waals surface area contributed by atoms with Crippen LogP contribution in [-0.4, -0.2) is 33.7 Å². The van der Waals surface area contributed by atoms with Gasteiger partial charge in [0.25, 0.3) is 11.8 Å². The van der Waals surface area contributed by atoms with Gasteiger partial charge in [-0.15, -0.1) is 0 Å². The van der Waals surface area contributed by atoms with Crippen molar-refractivity contribution in [1.29, 1.82) is 0 Å². The maximum Gasteiger partial charge on any atom is 0.260 e. The van der Waals surface area contributed by atoms with Gasteiger partial charge in [0, 0.05) is 5.92 Å². The molecule has 0 spiro atoms. The van der Waals surface area contributed by atoms with E-state index in [1.807, 2.05) is 85.8 Å². The van der Waals surface area contributed by atoms with E-state index in [0.717, 1.165) is 21.7 Å². The van der Waals surface area contributed by atoms with E-state index in [2.05, 4.69) is 12.0 Å². The Morgan fingerprint density at radius 1 is 0.837 bits per heavy atom. The molecule has 8 heteroatoms. The third-order valence-electron chi connectivity index (χ3n) is 11.0. The summed E-state index contributed by atoms with van der Waals surface area (Å²) in [4.78, 5) is 59.5. The van der Waals surface area contributed by atoms with Crippen molar-refractivity contribution in [3.05, 3.63) is 144 Å². The van der Waals surface area contributed by atoms with Gasteiger partial charge in [-0.3, -0.25) is 29.5 Å². The Labute approximate surface area is 284 Å². The summed E-state index contributed by atoms with van der Waals surface area (Å²) >= 11 is 0. The Bertz CT molecular complexity index is 2050. The Morgan fingerprint density at radius 3 is 2.27 bits per heavy atom. The molecule has 4 amide bonds. The maximum absolute atomic E-state index is 15.1. The summed E-state index contributed by atoms with van der Waals surface area (Å²) in [7, 11) is 0. The highest BCUT2D eigenvalue weighted by Gasteiger charge is 2.70. The predicted octanol–water partition coefficient (Wildman–Crippen LogP) is 6.53. The molecule has 0 radical (unpaired) electrons. The molecule has 0 unspecified atom stereocenters. The third-order valence-corrected chi connectivity index (χ3v) is 11.0. The Morgan fingerprint density at radius 2 is 1.57 bits per heavy atom. The molecule has 8 nitrogen and oxygen atoms in total. The number of carbonyl (C=O) groups excluding carboxylic acids is 4. The number of nitrogens with one attached hydrogen (secondary N) is 1. The quantitative estimate of drug-likeness (QED) is 0.182. The molecule has 4 aromatic rings. The molecule has 4 aliphatic rings. The van der Waals surface area contributed by atoms with Gasteiger partial charge in [0.2, 0.25) is 11.8 Å². The zero-order valence-corrected chi connectivity index (χ0v) is 27.0. The summed E-state index contributed by atoms with van der Waals surface area (Å²) in [5.41, 5.74) is 6.91. The van der Waals surface area contributed by atoms with Crippen LogP contribution < -0.4 is 10.3 Å². The fourth-order valence-electron chi connectivity index (χ4n) is 8.84. The van der Waals surface area contributed by atoms with Crippen LogP contribution in [0.15, 0.2) is 121 Å². The van der Waals surface area contributed by atoms with Crippen LogP contribution in [-0.2, 0) is 24.6 Å². The first-order valence-electron chi connectivity index (χ1n) is 16.6. The first-order chi connectivity index (χ1) is 23.7. The van der Waals surface area contributed by atoms with Crippen LogP contribution in [0.3, 0.4) is 0 Å². The number of rotatable bonds is 6. The molecule has 8 rings (SSSR count). The monoisotopic (exact) mass is 649 g/mol. The summed E-state index contributed by atoms with van der Waals surface area (Å²) in [6.07, 6.45) is 4.24. The smallest absolute Gasteiger partial charge is 0.260 e. The molecular weight excluding hydrogens is 614 g/mol. The molecule has 1 saturated carbocycles. The lowest BCUT2D eigenvalue weighted by atomic mass is 9.49. The largest absolute Gasteiger partial charge is 0.508 e. The van der Waals surface area contributed by atoms with Crippen molar-refractivity contribution in [2.75, 3.05) is 10.3 Å². The minimum absolute atomic E-state index is 0.0290. The molecule has 2 heterocycles. The highest BCUT2D eigenvalue weighted by Crippen LogP contribution is 2.64. The van der Waals surface area contributed by atoms with Crippen LogP contribution in [0.1, 0.15) is 41.0 Å². The molecule has 244 valence electrons. The van der Waals surface area contributed by atoms with Gasteiger partial charge in [-0.25, -0.2) is 0 Å². The summed E-state index contributed by atoms with van der Waals surface area (Å²) in [5, 5.41) is 11.9. The average molecular weight is 650 g/mol. The van der Waals surface area contributed by atoms with E-state index in [-0.39, 0.29) is 24.0 Å². The number of carbonyl (C=O) groups is 4. The maximum atomic E-state index is 15.1. The van der Waals surface area contributed by atoms with Crippen molar-refractivity contribution >= 4 is 41.1 Å². The molecule has 49 heavy (non-hydrogen) atoms. The van der Waals surface area contributed by atoms with E-state index in [1.54, 1.807) is 36.4 Å². The molecule has 3 fully saturated rings. The second-order valence-corrected chi connectivity index (χ2v) is 13.5. The number of phenolic OH excluding ortho intramolecular Hbond substituents is 1. The zero-order chi connectivity index (χ0) is 34.0. The Hall–Kier alpha value is -5.76. The first-order valence-corrected chi connectivity index (χ1v) is 16.6. The number of hydrazine groups is 1. The number of benzene rings is 4.